The van der Waals surface area contributed by atoms with Gasteiger partial charge in [-0.25, -0.2) is 17.6 Å². The van der Waals surface area contributed by atoms with Gasteiger partial charge in [0, 0.05) is 6.92 Å². The molecule has 1 aromatic carbocycles. The van der Waals surface area contributed by atoms with Gasteiger partial charge in [-0.05, 0) is 18.2 Å². The van der Waals surface area contributed by atoms with E-state index in [0.717, 1.165) is 6.07 Å². The molecule has 1 rings (SSSR count). The minimum absolute atomic E-state index is 0.495. The second-order valence-corrected chi connectivity index (χ2v) is 2.51. The van der Waals surface area contributed by atoms with E-state index in [0.29, 0.717) is 19.1 Å². The number of rotatable bonds is 1. The van der Waals surface area contributed by atoms with Crippen LogP contribution in [-0.4, -0.2) is 0 Å². The van der Waals surface area contributed by atoms with Crippen LogP contribution in [0.3, 0.4) is 0 Å². The van der Waals surface area contributed by atoms with E-state index in [9.17, 15) is 17.6 Å². The van der Waals surface area contributed by atoms with Crippen LogP contribution < -0.4 is 0 Å². The molecule has 0 fully saturated rings. The van der Waals surface area contributed by atoms with Gasteiger partial charge in [-0.1, -0.05) is 0 Å². The molecule has 0 aliphatic carbocycles. The van der Waals surface area contributed by atoms with E-state index in [2.05, 4.69) is 0 Å². The zero-order valence-corrected chi connectivity index (χ0v) is 6.24. The minimum atomic E-state index is -3.34. The molecule has 0 atom stereocenters. The summed E-state index contributed by atoms with van der Waals surface area (Å²) in [5.74, 6) is -5.30. The third kappa shape index (κ3) is 1.75. The van der Waals surface area contributed by atoms with Crippen LogP contribution >= 0.6 is 0 Å². The van der Waals surface area contributed by atoms with E-state index in [4.69, 9.17) is 0 Å². The van der Waals surface area contributed by atoms with Gasteiger partial charge in [0.25, 0.3) is 5.92 Å². The molecule has 0 saturated carbocycles. The van der Waals surface area contributed by atoms with Crippen LogP contribution in [-0.2, 0) is 5.92 Å². The third-order valence-corrected chi connectivity index (χ3v) is 1.40. The molecule has 4 heteroatoms. The van der Waals surface area contributed by atoms with Crippen molar-refractivity contribution in [2.24, 2.45) is 0 Å². The summed E-state index contributed by atoms with van der Waals surface area (Å²) in [4.78, 5) is 0. The zero-order chi connectivity index (χ0) is 9.35. The molecule has 0 spiro atoms. The van der Waals surface area contributed by atoms with Crippen LogP contribution in [0.2, 0.25) is 0 Å². The van der Waals surface area contributed by atoms with Gasteiger partial charge in [-0.2, -0.15) is 0 Å². The average molecular weight is 178 g/mol. The Kier molecular flexibility index (Phi) is 2.08. The Morgan fingerprint density at radius 3 is 2.17 bits per heavy atom. The lowest BCUT2D eigenvalue weighted by atomic mass is 10.1. The molecule has 0 saturated heterocycles. The largest absolute Gasteiger partial charge is 0.273 e. The SMILES string of the molecule is CC(F)(F)c1cc(F)ccc1F. The van der Waals surface area contributed by atoms with E-state index in [1.54, 1.807) is 0 Å². The summed E-state index contributed by atoms with van der Waals surface area (Å²) in [5.41, 5.74) is -0.914. The Balaban J connectivity index is 3.23. The van der Waals surface area contributed by atoms with Crippen LogP contribution in [0.25, 0.3) is 0 Å². The molecule has 0 aliphatic rings. The average Bonchev–Trinajstić information content (AvgIpc) is 1.92. The normalized spacial score (nSPS) is 11.8. The fraction of sp³-hybridized carbons (Fsp3) is 0.250. The molecule has 0 aromatic heterocycles. The van der Waals surface area contributed by atoms with Gasteiger partial charge in [0.05, 0.1) is 5.56 Å². The van der Waals surface area contributed by atoms with Crippen LogP contribution in [0.4, 0.5) is 17.6 Å². The van der Waals surface area contributed by atoms with Crippen molar-refractivity contribution in [3.8, 4) is 0 Å². The number of halogens is 4. The molecule has 0 radical (unpaired) electrons. The first-order chi connectivity index (χ1) is 5.41. The van der Waals surface area contributed by atoms with Crippen LogP contribution in [0.1, 0.15) is 12.5 Å². The van der Waals surface area contributed by atoms with E-state index >= 15 is 0 Å². The highest BCUT2D eigenvalue weighted by Gasteiger charge is 2.28. The first-order valence-electron chi connectivity index (χ1n) is 3.24. The minimum Gasteiger partial charge on any atom is -0.207 e. The molecule has 0 amide bonds. The summed E-state index contributed by atoms with van der Waals surface area (Å²) in [6.07, 6.45) is 0. The van der Waals surface area contributed by atoms with Gasteiger partial charge in [0.2, 0.25) is 0 Å². The summed E-state index contributed by atoms with van der Waals surface area (Å²) in [5, 5.41) is 0. The highest BCUT2D eigenvalue weighted by molar-refractivity contribution is 5.22. The summed E-state index contributed by atoms with van der Waals surface area (Å²) in [6.45, 7) is 0.519. The highest BCUT2D eigenvalue weighted by Crippen LogP contribution is 2.29. The molecule has 66 valence electrons. The van der Waals surface area contributed by atoms with E-state index in [1.807, 2.05) is 0 Å². The molecule has 0 unspecified atom stereocenters. The van der Waals surface area contributed by atoms with Crippen molar-refractivity contribution in [3.63, 3.8) is 0 Å². The zero-order valence-electron chi connectivity index (χ0n) is 6.24. The second kappa shape index (κ2) is 2.77. The van der Waals surface area contributed by atoms with Gasteiger partial charge in [-0.15, -0.1) is 0 Å². The van der Waals surface area contributed by atoms with Crippen molar-refractivity contribution in [2.75, 3.05) is 0 Å². The molecule has 0 aliphatic heterocycles. The molecule has 12 heavy (non-hydrogen) atoms. The Hall–Kier alpha value is -1.06. The Bertz CT molecular complexity index is 288. The summed E-state index contributed by atoms with van der Waals surface area (Å²) in [7, 11) is 0. The maximum atomic E-state index is 12.6. The number of hydrogen-bond donors (Lipinski definition) is 0. The maximum Gasteiger partial charge on any atom is 0.273 e. The first-order valence-corrected chi connectivity index (χ1v) is 3.24. The third-order valence-electron chi connectivity index (χ3n) is 1.40. The van der Waals surface area contributed by atoms with Gasteiger partial charge in [0.1, 0.15) is 11.6 Å². The molecule has 0 bridgehead atoms. The van der Waals surface area contributed by atoms with Crippen molar-refractivity contribution < 1.29 is 17.6 Å². The van der Waals surface area contributed by atoms with Gasteiger partial charge < -0.3 is 0 Å². The van der Waals surface area contributed by atoms with Crippen molar-refractivity contribution in [2.45, 2.75) is 12.8 Å². The second-order valence-electron chi connectivity index (χ2n) is 2.51. The van der Waals surface area contributed by atoms with Crippen LogP contribution in [0.15, 0.2) is 18.2 Å². The fourth-order valence-corrected chi connectivity index (χ4v) is 0.834. The summed E-state index contributed by atoms with van der Waals surface area (Å²) in [6, 6.07) is 1.97. The lowest BCUT2D eigenvalue weighted by Gasteiger charge is -2.10. The van der Waals surface area contributed by atoms with Gasteiger partial charge >= 0.3 is 0 Å². The smallest absolute Gasteiger partial charge is 0.207 e. The topological polar surface area (TPSA) is 0 Å². The predicted molar refractivity (Wildman–Crippen MR) is 35.9 cm³/mol. The van der Waals surface area contributed by atoms with Crippen molar-refractivity contribution in [1.82, 2.24) is 0 Å². The van der Waals surface area contributed by atoms with Crippen molar-refractivity contribution >= 4 is 0 Å². The Morgan fingerprint density at radius 1 is 1.17 bits per heavy atom. The molecule has 0 nitrogen and oxygen atoms in total. The molecule has 0 N–H and O–H groups in total. The fourth-order valence-electron chi connectivity index (χ4n) is 0.834. The van der Waals surface area contributed by atoms with E-state index in [-0.39, 0.29) is 0 Å². The predicted octanol–water partition coefficient (Wildman–Crippen LogP) is 3.08. The number of benzene rings is 1. The Labute approximate surface area is 66.8 Å². The quantitative estimate of drug-likeness (QED) is 0.579. The Morgan fingerprint density at radius 2 is 1.75 bits per heavy atom. The molecular weight excluding hydrogens is 172 g/mol. The first kappa shape index (κ1) is 9.03. The highest BCUT2D eigenvalue weighted by atomic mass is 19.3. The lowest BCUT2D eigenvalue weighted by Crippen LogP contribution is -2.10. The number of alkyl halides is 2. The van der Waals surface area contributed by atoms with Gasteiger partial charge in [0.15, 0.2) is 0 Å². The van der Waals surface area contributed by atoms with Crippen LogP contribution in [0.5, 0.6) is 0 Å². The maximum absolute atomic E-state index is 12.6. The van der Waals surface area contributed by atoms with Crippen molar-refractivity contribution in [3.05, 3.63) is 35.4 Å². The lowest BCUT2D eigenvalue weighted by molar-refractivity contribution is 0.0134. The van der Waals surface area contributed by atoms with E-state index < -0.39 is 23.1 Å². The van der Waals surface area contributed by atoms with Crippen LogP contribution in [0, 0.1) is 11.6 Å². The molecule has 0 heterocycles. The molecule has 1 aromatic rings. The van der Waals surface area contributed by atoms with Gasteiger partial charge in [-0.3, -0.25) is 0 Å². The molecular formula is C8H6F4. The number of hydrogen-bond acceptors (Lipinski definition) is 0. The van der Waals surface area contributed by atoms with Crippen molar-refractivity contribution in [1.29, 1.82) is 0 Å². The standard InChI is InChI=1S/C8H6F4/c1-8(11,12)6-4-5(9)2-3-7(6)10/h2-4H,1H3. The summed E-state index contributed by atoms with van der Waals surface area (Å²) >= 11 is 0. The monoisotopic (exact) mass is 178 g/mol. The summed E-state index contributed by atoms with van der Waals surface area (Å²) < 4.78 is 50.0. The van der Waals surface area contributed by atoms with E-state index in [1.165, 1.54) is 0 Å².